The van der Waals surface area contributed by atoms with E-state index in [1.165, 1.54) is 21.3 Å². The molecule has 0 saturated heterocycles. The lowest BCUT2D eigenvalue weighted by Gasteiger charge is -2.16. The summed E-state index contributed by atoms with van der Waals surface area (Å²) in [6, 6.07) is 8.86. The van der Waals surface area contributed by atoms with Crippen LogP contribution >= 0.6 is 15.9 Å². The van der Waals surface area contributed by atoms with E-state index in [1.807, 2.05) is 12.1 Å². The number of nitrogens with two attached hydrogens (primary N) is 1. The van der Waals surface area contributed by atoms with E-state index in [-0.39, 0.29) is 5.56 Å². The summed E-state index contributed by atoms with van der Waals surface area (Å²) in [5.74, 6) is 0.150. The van der Waals surface area contributed by atoms with Gasteiger partial charge in [0.05, 0.1) is 32.7 Å². The van der Waals surface area contributed by atoms with Gasteiger partial charge in [-0.15, -0.1) is 0 Å². The average molecular weight is 381 g/mol. The summed E-state index contributed by atoms with van der Waals surface area (Å²) in [7, 11) is 4.24. The van der Waals surface area contributed by atoms with Crippen LogP contribution in [0.5, 0.6) is 11.5 Å². The number of nitrogen functional groups attached to an aromatic ring is 1. The summed E-state index contributed by atoms with van der Waals surface area (Å²) in [6.45, 7) is 0. The van der Waals surface area contributed by atoms with Crippen LogP contribution in [0.1, 0.15) is 10.4 Å². The highest BCUT2D eigenvalue weighted by atomic mass is 79.9. The zero-order valence-electron chi connectivity index (χ0n) is 13.0. The van der Waals surface area contributed by atoms with Crippen molar-refractivity contribution in [2.24, 2.45) is 0 Å². The number of nitrogens with one attached hydrogen (secondary N) is 1. The first-order valence-electron chi connectivity index (χ1n) is 6.66. The molecule has 23 heavy (non-hydrogen) atoms. The smallest absolute Gasteiger partial charge is 0.345 e. The number of carbonyl (C=O) groups excluding carboxylic acids is 1. The number of methoxy groups -OCH3 is 3. The fourth-order valence-corrected chi connectivity index (χ4v) is 2.47. The van der Waals surface area contributed by atoms with Crippen molar-refractivity contribution < 1.29 is 19.0 Å². The van der Waals surface area contributed by atoms with Crippen LogP contribution < -0.4 is 20.5 Å². The van der Waals surface area contributed by atoms with Gasteiger partial charge in [-0.25, -0.2) is 4.79 Å². The third-order valence-electron chi connectivity index (χ3n) is 3.19. The highest BCUT2D eigenvalue weighted by Gasteiger charge is 2.20. The molecule has 0 saturated carbocycles. The lowest BCUT2D eigenvalue weighted by Crippen LogP contribution is -2.07. The number of ether oxygens (including phenoxy) is 3. The Bertz CT molecular complexity index is 709. The molecule has 0 aliphatic carbocycles. The number of halogens is 1. The van der Waals surface area contributed by atoms with E-state index in [4.69, 9.17) is 19.9 Å². The molecule has 0 aliphatic heterocycles. The maximum Gasteiger partial charge on any atom is 0.345 e. The quantitative estimate of drug-likeness (QED) is 0.609. The third kappa shape index (κ3) is 3.68. The molecule has 0 bridgehead atoms. The molecule has 0 unspecified atom stereocenters. The number of esters is 1. The maximum absolute atomic E-state index is 11.9. The van der Waals surface area contributed by atoms with Gasteiger partial charge >= 0.3 is 5.97 Å². The van der Waals surface area contributed by atoms with Crippen molar-refractivity contribution in [2.75, 3.05) is 32.4 Å². The van der Waals surface area contributed by atoms with Crippen molar-refractivity contribution in [1.82, 2.24) is 0 Å². The van der Waals surface area contributed by atoms with Crippen LogP contribution in [0.15, 0.2) is 34.8 Å². The lowest BCUT2D eigenvalue weighted by molar-refractivity contribution is 0.0593. The fraction of sp³-hybridized carbons (Fsp3) is 0.188. The first-order valence-corrected chi connectivity index (χ1v) is 7.45. The van der Waals surface area contributed by atoms with E-state index in [1.54, 1.807) is 18.2 Å². The number of hydrogen-bond donors (Lipinski definition) is 2. The Kier molecular flexibility index (Phi) is 5.33. The van der Waals surface area contributed by atoms with Gasteiger partial charge < -0.3 is 25.3 Å². The van der Waals surface area contributed by atoms with E-state index >= 15 is 0 Å². The van der Waals surface area contributed by atoms with Crippen LogP contribution in [-0.2, 0) is 4.74 Å². The summed E-state index contributed by atoms with van der Waals surface area (Å²) >= 11 is 3.36. The van der Waals surface area contributed by atoms with Gasteiger partial charge in [0.25, 0.3) is 0 Å². The van der Waals surface area contributed by atoms with Crippen LogP contribution in [0.2, 0.25) is 0 Å². The lowest BCUT2D eigenvalue weighted by atomic mass is 10.1. The van der Waals surface area contributed by atoms with Crippen molar-refractivity contribution in [1.29, 1.82) is 0 Å². The molecular formula is C16H17BrN2O4. The molecule has 3 N–H and O–H groups in total. The summed E-state index contributed by atoms with van der Waals surface area (Å²) in [5.41, 5.74) is 8.18. The largest absolute Gasteiger partial charge is 0.496 e. The summed E-state index contributed by atoms with van der Waals surface area (Å²) in [4.78, 5) is 11.9. The van der Waals surface area contributed by atoms with Crippen molar-refractivity contribution in [2.45, 2.75) is 0 Å². The summed E-state index contributed by atoms with van der Waals surface area (Å²) in [6.07, 6.45) is 0. The van der Waals surface area contributed by atoms with Gasteiger partial charge in [-0.2, -0.15) is 0 Å². The van der Waals surface area contributed by atoms with Gasteiger partial charge in [-0.1, -0.05) is 15.9 Å². The Morgan fingerprint density at radius 2 is 1.70 bits per heavy atom. The Hall–Kier alpha value is -2.41. The van der Waals surface area contributed by atoms with Crippen molar-refractivity contribution >= 4 is 39.0 Å². The van der Waals surface area contributed by atoms with Gasteiger partial charge in [0.15, 0.2) is 0 Å². The average Bonchev–Trinajstić information content (AvgIpc) is 2.55. The Morgan fingerprint density at radius 3 is 2.17 bits per heavy atom. The zero-order valence-corrected chi connectivity index (χ0v) is 14.6. The van der Waals surface area contributed by atoms with Crippen LogP contribution in [0.4, 0.5) is 17.1 Å². The first-order chi connectivity index (χ1) is 11.0. The summed E-state index contributed by atoms with van der Waals surface area (Å²) in [5, 5.41) is 3.18. The van der Waals surface area contributed by atoms with E-state index in [0.717, 1.165) is 10.2 Å². The van der Waals surface area contributed by atoms with Crippen molar-refractivity contribution in [3.05, 3.63) is 40.4 Å². The van der Waals surface area contributed by atoms with E-state index in [2.05, 4.69) is 21.2 Å². The van der Waals surface area contributed by atoms with Gasteiger partial charge in [-0.3, -0.25) is 0 Å². The molecule has 0 fully saturated rings. The summed E-state index contributed by atoms with van der Waals surface area (Å²) < 4.78 is 16.2. The minimum Gasteiger partial charge on any atom is -0.496 e. The highest BCUT2D eigenvalue weighted by Crippen LogP contribution is 2.35. The molecule has 0 atom stereocenters. The highest BCUT2D eigenvalue weighted by molar-refractivity contribution is 9.10. The number of anilines is 3. The topological polar surface area (TPSA) is 82.8 Å². The second kappa shape index (κ2) is 7.23. The molecule has 0 amide bonds. The normalized spacial score (nSPS) is 10.1. The molecule has 6 nitrogen and oxygen atoms in total. The SMILES string of the molecule is COC(=O)c1c(OC)cc(Nc2ccc(Br)cc2N)cc1OC. The molecular weight excluding hydrogens is 364 g/mol. The van der Waals surface area contributed by atoms with Gasteiger partial charge in [-0.05, 0) is 18.2 Å². The molecule has 0 aliphatic rings. The number of hydrogen-bond acceptors (Lipinski definition) is 6. The van der Waals surface area contributed by atoms with Gasteiger partial charge in [0, 0.05) is 22.3 Å². The maximum atomic E-state index is 11.9. The minimum atomic E-state index is -0.534. The van der Waals surface area contributed by atoms with Gasteiger partial charge in [0.1, 0.15) is 17.1 Å². The molecule has 0 spiro atoms. The van der Waals surface area contributed by atoms with Gasteiger partial charge in [0.2, 0.25) is 0 Å². The van der Waals surface area contributed by atoms with E-state index in [9.17, 15) is 4.79 Å². The Morgan fingerprint density at radius 1 is 1.09 bits per heavy atom. The molecule has 2 aromatic carbocycles. The minimum absolute atomic E-state index is 0.229. The monoisotopic (exact) mass is 380 g/mol. The van der Waals surface area contributed by atoms with Crippen molar-refractivity contribution in [3.63, 3.8) is 0 Å². The standard InChI is InChI=1S/C16H17BrN2O4/c1-21-13-7-10(8-14(22-2)15(13)16(20)23-3)19-12-5-4-9(17)6-11(12)18/h4-8,19H,18H2,1-3H3. The molecule has 0 aromatic heterocycles. The molecule has 2 rings (SSSR count). The second-order valence-electron chi connectivity index (χ2n) is 4.60. The Balaban J connectivity index is 2.46. The van der Waals surface area contributed by atoms with Crippen LogP contribution in [0.3, 0.4) is 0 Å². The molecule has 7 heteroatoms. The molecule has 0 radical (unpaired) electrons. The van der Waals surface area contributed by atoms with Crippen LogP contribution in [0.25, 0.3) is 0 Å². The Labute approximate surface area is 142 Å². The predicted molar refractivity (Wildman–Crippen MR) is 92.7 cm³/mol. The van der Waals surface area contributed by atoms with Crippen LogP contribution in [0, 0.1) is 0 Å². The van der Waals surface area contributed by atoms with Crippen molar-refractivity contribution in [3.8, 4) is 11.5 Å². The predicted octanol–water partition coefficient (Wildman–Crippen LogP) is 3.58. The fourth-order valence-electron chi connectivity index (χ4n) is 2.09. The molecule has 2 aromatic rings. The third-order valence-corrected chi connectivity index (χ3v) is 3.68. The number of benzene rings is 2. The number of rotatable bonds is 5. The number of carbonyl (C=O) groups is 1. The molecule has 0 heterocycles. The van der Waals surface area contributed by atoms with Crippen LogP contribution in [-0.4, -0.2) is 27.3 Å². The van der Waals surface area contributed by atoms with E-state index in [0.29, 0.717) is 22.9 Å². The van der Waals surface area contributed by atoms with E-state index < -0.39 is 5.97 Å². The first kappa shape index (κ1) is 17.0. The second-order valence-corrected chi connectivity index (χ2v) is 5.52. The zero-order chi connectivity index (χ0) is 17.0. The molecule has 122 valence electrons.